The summed E-state index contributed by atoms with van der Waals surface area (Å²) in [6.45, 7) is 5.02. The average Bonchev–Trinajstić information content (AvgIpc) is 3.59. The molecule has 2 aliphatic heterocycles. The number of amides is 1. The molecule has 1 atom stereocenters. The van der Waals surface area contributed by atoms with Crippen molar-refractivity contribution in [2.75, 3.05) is 56.7 Å². The Bertz CT molecular complexity index is 1750. The van der Waals surface area contributed by atoms with Gasteiger partial charge in [0.25, 0.3) is 0 Å². The standard InChI is InChI=1S/C34H33ClN6O5/c35-28-16-24(6-7-31(28)45-21-25-4-1-2-9-37-25)39-34-23(19-36)20-38-29-18-32(46-26-8-13-44-22-26)30(17-27(29)34)40-33(42)5-3-10-41-11-14-43-15-12-41/h1-7,9,16-18,20,26H,8,10-15,21-22H2,(H,38,39)(H,40,42)/b5-3+/t26-/m0/s1. The number of morpholine rings is 1. The van der Waals surface area contributed by atoms with E-state index in [4.69, 9.17) is 30.5 Å². The molecular formula is C34H33ClN6O5. The van der Waals surface area contributed by atoms with Crippen LogP contribution in [0.3, 0.4) is 0 Å². The lowest BCUT2D eigenvalue weighted by Gasteiger charge is -2.25. The van der Waals surface area contributed by atoms with Crippen molar-refractivity contribution >= 4 is 45.5 Å². The number of fused-ring (bicyclic) bond motifs is 1. The third kappa shape index (κ3) is 7.91. The van der Waals surface area contributed by atoms with Crippen molar-refractivity contribution in [3.05, 3.63) is 89.4 Å². The Labute approximate surface area is 271 Å². The van der Waals surface area contributed by atoms with Gasteiger partial charge in [-0.25, -0.2) is 0 Å². The number of nitriles is 1. The van der Waals surface area contributed by atoms with Crippen LogP contribution in [0, 0.1) is 11.3 Å². The van der Waals surface area contributed by atoms with Crippen LogP contribution in [0.2, 0.25) is 5.02 Å². The first-order chi connectivity index (χ1) is 22.6. The lowest BCUT2D eigenvalue weighted by Crippen LogP contribution is -2.36. The molecule has 0 spiro atoms. The minimum absolute atomic E-state index is 0.151. The molecule has 11 nitrogen and oxygen atoms in total. The summed E-state index contributed by atoms with van der Waals surface area (Å²) in [5.74, 6) is 0.674. The van der Waals surface area contributed by atoms with Gasteiger partial charge in [-0.2, -0.15) is 5.26 Å². The third-order valence-corrected chi connectivity index (χ3v) is 7.86. The number of nitrogens with zero attached hydrogens (tertiary/aromatic N) is 4. The second kappa shape index (κ2) is 15.0. The molecule has 4 aromatic rings. The van der Waals surface area contributed by atoms with Gasteiger partial charge in [0.2, 0.25) is 5.91 Å². The number of halogens is 1. The zero-order valence-electron chi connectivity index (χ0n) is 25.1. The Balaban J connectivity index is 1.26. The molecule has 0 radical (unpaired) electrons. The number of carbonyl (C=O) groups is 1. The molecule has 2 aromatic heterocycles. The highest BCUT2D eigenvalue weighted by Gasteiger charge is 2.21. The van der Waals surface area contributed by atoms with Gasteiger partial charge in [0.05, 0.1) is 59.6 Å². The minimum atomic E-state index is -0.299. The molecule has 0 aliphatic carbocycles. The number of rotatable bonds is 11. The van der Waals surface area contributed by atoms with E-state index < -0.39 is 0 Å². The highest BCUT2D eigenvalue weighted by atomic mass is 35.5. The van der Waals surface area contributed by atoms with Crippen LogP contribution in [0.1, 0.15) is 17.7 Å². The van der Waals surface area contributed by atoms with Crippen LogP contribution in [-0.2, 0) is 20.9 Å². The summed E-state index contributed by atoms with van der Waals surface area (Å²) in [6, 6.07) is 16.7. The Kier molecular flexibility index (Phi) is 10.2. The van der Waals surface area contributed by atoms with Gasteiger partial charge in [-0.3, -0.25) is 19.7 Å². The predicted octanol–water partition coefficient (Wildman–Crippen LogP) is 5.47. The van der Waals surface area contributed by atoms with E-state index >= 15 is 0 Å². The van der Waals surface area contributed by atoms with Gasteiger partial charge in [-0.15, -0.1) is 0 Å². The summed E-state index contributed by atoms with van der Waals surface area (Å²) in [6.07, 6.45) is 7.15. The van der Waals surface area contributed by atoms with Gasteiger partial charge in [-0.05, 0) is 36.4 Å². The Morgan fingerprint density at radius 1 is 1.11 bits per heavy atom. The lowest BCUT2D eigenvalue weighted by atomic mass is 10.1. The highest BCUT2D eigenvalue weighted by molar-refractivity contribution is 6.32. The molecule has 0 bridgehead atoms. The predicted molar refractivity (Wildman–Crippen MR) is 175 cm³/mol. The maximum absolute atomic E-state index is 13.1. The van der Waals surface area contributed by atoms with E-state index in [1.807, 2.05) is 30.3 Å². The number of pyridine rings is 2. The fourth-order valence-corrected chi connectivity index (χ4v) is 5.40. The van der Waals surface area contributed by atoms with Crippen LogP contribution in [0.4, 0.5) is 17.1 Å². The average molecular weight is 641 g/mol. The molecule has 1 amide bonds. The molecule has 2 aromatic carbocycles. The maximum atomic E-state index is 13.1. The van der Waals surface area contributed by atoms with E-state index in [0.717, 1.165) is 25.2 Å². The molecule has 46 heavy (non-hydrogen) atoms. The largest absolute Gasteiger partial charge is 0.486 e. The fraction of sp³-hybridized carbons (Fsp3) is 0.294. The number of nitrogens with one attached hydrogen (secondary N) is 2. The molecule has 2 aliphatic rings. The van der Waals surface area contributed by atoms with Gasteiger partial charge in [0, 0.05) is 61.7 Å². The molecule has 4 heterocycles. The van der Waals surface area contributed by atoms with Crippen molar-refractivity contribution in [1.29, 1.82) is 5.26 Å². The number of anilines is 3. The lowest BCUT2D eigenvalue weighted by molar-refractivity contribution is -0.111. The number of ether oxygens (including phenoxy) is 4. The molecule has 2 saturated heterocycles. The number of benzene rings is 2. The van der Waals surface area contributed by atoms with Crippen molar-refractivity contribution in [1.82, 2.24) is 14.9 Å². The quantitative estimate of drug-likeness (QED) is 0.203. The Morgan fingerprint density at radius 2 is 2.00 bits per heavy atom. The second-order valence-corrected chi connectivity index (χ2v) is 11.2. The van der Waals surface area contributed by atoms with Crippen molar-refractivity contribution in [3.63, 3.8) is 0 Å². The van der Waals surface area contributed by atoms with Crippen LogP contribution in [0.5, 0.6) is 11.5 Å². The van der Waals surface area contributed by atoms with Crippen LogP contribution in [0.25, 0.3) is 10.9 Å². The number of hydrogen-bond donors (Lipinski definition) is 2. The van der Waals surface area contributed by atoms with Gasteiger partial charge >= 0.3 is 0 Å². The Hall–Kier alpha value is -4.73. The normalized spacial score (nSPS) is 16.7. The van der Waals surface area contributed by atoms with Crippen LogP contribution in [0.15, 0.2) is 73.1 Å². The van der Waals surface area contributed by atoms with Crippen molar-refractivity contribution in [3.8, 4) is 17.6 Å². The zero-order chi connectivity index (χ0) is 31.7. The molecule has 12 heteroatoms. The molecule has 6 rings (SSSR count). The molecular weight excluding hydrogens is 608 g/mol. The van der Waals surface area contributed by atoms with E-state index in [0.29, 0.717) is 83.0 Å². The van der Waals surface area contributed by atoms with Crippen molar-refractivity contribution in [2.24, 2.45) is 0 Å². The van der Waals surface area contributed by atoms with Gasteiger partial charge in [0.15, 0.2) is 0 Å². The monoisotopic (exact) mass is 640 g/mol. The smallest absolute Gasteiger partial charge is 0.248 e. The van der Waals surface area contributed by atoms with E-state index in [2.05, 4.69) is 31.6 Å². The molecule has 0 unspecified atom stereocenters. The number of aromatic nitrogens is 2. The minimum Gasteiger partial charge on any atom is -0.486 e. The molecule has 0 saturated carbocycles. The first-order valence-corrected chi connectivity index (χ1v) is 15.4. The second-order valence-electron chi connectivity index (χ2n) is 10.8. The maximum Gasteiger partial charge on any atom is 0.248 e. The SMILES string of the molecule is N#Cc1cnc2cc(O[C@H]3CCOC3)c(NC(=O)/C=C/CN3CCOCC3)cc2c1Nc1ccc(OCc2ccccn2)c(Cl)c1. The van der Waals surface area contributed by atoms with E-state index in [9.17, 15) is 10.1 Å². The van der Waals surface area contributed by atoms with Crippen LogP contribution < -0.4 is 20.1 Å². The summed E-state index contributed by atoms with van der Waals surface area (Å²) in [5, 5.41) is 17.3. The van der Waals surface area contributed by atoms with Crippen molar-refractivity contribution in [2.45, 2.75) is 19.1 Å². The molecule has 2 N–H and O–H groups in total. The topological polar surface area (TPSA) is 131 Å². The van der Waals surface area contributed by atoms with Crippen LogP contribution >= 0.6 is 11.6 Å². The van der Waals surface area contributed by atoms with Gasteiger partial charge in [-0.1, -0.05) is 23.7 Å². The third-order valence-electron chi connectivity index (χ3n) is 7.57. The summed E-state index contributed by atoms with van der Waals surface area (Å²) in [5.41, 5.74) is 3.29. The Morgan fingerprint density at radius 3 is 2.76 bits per heavy atom. The summed E-state index contributed by atoms with van der Waals surface area (Å²) >= 11 is 6.58. The molecule has 236 valence electrons. The zero-order valence-corrected chi connectivity index (χ0v) is 25.8. The van der Waals surface area contributed by atoms with Gasteiger partial charge < -0.3 is 29.6 Å². The number of carbonyl (C=O) groups excluding carboxylic acids is 1. The number of hydrogen-bond acceptors (Lipinski definition) is 10. The highest BCUT2D eigenvalue weighted by Crippen LogP contribution is 2.38. The van der Waals surface area contributed by atoms with Gasteiger partial charge in [0.1, 0.15) is 30.3 Å². The first-order valence-electron chi connectivity index (χ1n) is 15.0. The summed E-state index contributed by atoms with van der Waals surface area (Å²) < 4.78 is 23.0. The summed E-state index contributed by atoms with van der Waals surface area (Å²) in [4.78, 5) is 24.1. The molecule has 2 fully saturated rings. The van der Waals surface area contributed by atoms with E-state index in [1.165, 1.54) is 12.3 Å². The van der Waals surface area contributed by atoms with Crippen molar-refractivity contribution < 1.29 is 23.7 Å². The van der Waals surface area contributed by atoms with Crippen LogP contribution in [-0.4, -0.2) is 72.9 Å². The summed E-state index contributed by atoms with van der Waals surface area (Å²) in [7, 11) is 0. The first kappa shape index (κ1) is 31.3. The van der Waals surface area contributed by atoms with E-state index in [-0.39, 0.29) is 18.6 Å². The van der Waals surface area contributed by atoms with E-state index in [1.54, 1.807) is 30.5 Å². The fourth-order valence-electron chi connectivity index (χ4n) is 5.16.